The van der Waals surface area contributed by atoms with Crippen LogP contribution in [0.2, 0.25) is 0 Å². The molecule has 57 heavy (non-hydrogen) atoms. The van der Waals surface area contributed by atoms with Crippen LogP contribution in [0.5, 0.6) is 0 Å². The molecule has 0 saturated heterocycles. The molecule has 5 aromatic heterocycles. The average Bonchev–Trinajstić information content (AvgIpc) is 3.97. The van der Waals surface area contributed by atoms with E-state index in [2.05, 4.69) is 84.9 Å². The molecule has 0 atom stereocenters. The van der Waals surface area contributed by atoms with Crippen LogP contribution in [0, 0.1) is 0 Å². The fourth-order valence-corrected chi connectivity index (χ4v) is 10.2. The fourth-order valence-electron chi connectivity index (χ4n) is 7.87. The van der Waals surface area contributed by atoms with Crippen LogP contribution in [-0.2, 0) is 0 Å². The van der Waals surface area contributed by atoms with Crippen molar-refractivity contribution in [3.05, 3.63) is 164 Å². The molecule has 266 valence electrons. The molecule has 0 radical (unpaired) electrons. The molecule has 0 fully saturated rings. The molecule has 6 nitrogen and oxygen atoms in total. The molecule has 0 aliphatic carbocycles. The van der Waals surface area contributed by atoms with Gasteiger partial charge in [0.05, 0.1) is 15.9 Å². The molecule has 0 N–H and O–H groups in total. The Morgan fingerprint density at radius 2 is 1.00 bits per heavy atom. The minimum Gasteiger partial charge on any atom is -0.456 e. The standard InChI is InChI=1S/C49H27N5OS2/c1-3-12-28(13-4-1)46-52-47(29-14-5-2-6-15-29)54-49(53-46)35-18-11-19-38-42(35)36-26-31(23-25-37(36)55-38)48-50-43(45-44(51-48)34-17-8-10-21-40(34)57-45)30-22-24-33-32-16-7-9-20-39(32)56-41(33)27-30/h1-27H. The smallest absolute Gasteiger partial charge is 0.164 e. The summed E-state index contributed by atoms with van der Waals surface area (Å²) in [5.74, 6) is 2.44. The van der Waals surface area contributed by atoms with Crippen molar-refractivity contribution in [3.63, 3.8) is 0 Å². The van der Waals surface area contributed by atoms with Crippen molar-refractivity contribution in [3.8, 4) is 56.8 Å². The van der Waals surface area contributed by atoms with Crippen LogP contribution in [0.25, 0.3) is 119 Å². The number of benzene rings is 7. The van der Waals surface area contributed by atoms with Gasteiger partial charge in [0.2, 0.25) is 0 Å². The van der Waals surface area contributed by atoms with Crippen molar-refractivity contribution in [2.24, 2.45) is 0 Å². The Balaban J connectivity index is 1.07. The second kappa shape index (κ2) is 12.7. The van der Waals surface area contributed by atoms with E-state index >= 15 is 0 Å². The summed E-state index contributed by atoms with van der Waals surface area (Å²) in [7, 11) is 0. The molecule has 7 aromatic carbocycles. The number of aromatic nitrogens is 5. The van der Waals surface area contributed by atoms with Gasteiger partial charge in [0.15, 0.2) is 23.3 Å². The van der Waals surface area contributed by atoms with Gasteiger partial charge in [0.1, 0.15) is 11.2 Å². The van der Waals surface area contributed by atoms with Gasteiger partial charge >= 0.3 is 0 Å². The quantitative estimate of drug-likeness (QED) is 0.174. The van der Waals surface area contributed by atoms with Crippen LogP contribution in [0.3, 0.4) is 0 Å². The van der Waals surface area contributed by atoms with Gasteiger partial charge in [-0.15, -0.1) is 22.7 Å². The number of fused-ring (bicyclic) bond motifs is 9. The lowest BCUT2D eigenvalue weighted by Gasteiger charge is -2.09. The summed E-state index contributed by atoms with van der Waals surface area (Å²) in [6.07, 6.45) is 0. The van der Waals surface area contributed by atoms with Crippen LogP contribution in [0.15, 0.2) is 168 Å². The van der Waals surface area contributed by atoms with E-state index in [-0.39, 0.29) is 0 Å². The third-order valence-corrected chi connectivity index (χ3v) is 12.9. The molecular weight excluding hydrogens is 739 g/mol. The number of rotatable bonds is 5. The van der Waals surface area contributed by atoms with E-state index < -0.39 is 0 Å². The van der Waals surface area contributed by atoms with E-state index in [4.69, 9.17) is 29.3 Å². The first-order valence-corrected chi connectivity index (χ1v) is 20.3. The zero-order valence-electron chi connectivity index (χ0n) is 30.0. The largest absolute Gasteiger partial charge is 0.456 e. The molecule has 8 heteroatoms. The first-order chi connectivity index (χ1) is 28.2. The Labute approximate surface area is 333 Å². The SMILES string of the molecule is c1ccc(-c2nc(-c3ccccc3)nc(-c3cccc4oc5ccc(-c6nc(-c7ccc8c(c7)sc7ccccc78)c7sc8ccccc8c7n6)cc5c34)n2)cc1. The van der Waals surface area contributed by atoms with E-state index in [0.29, 0.717) is 23.3 Å². The highest BCUT2D eigenvalue weighted by atomic mass is 32.1. The maximum atomic E-state index is 6.50. The molecule has 0 amide bonds. The summed E-state index contributed by atoms with van der Waals surface area (Å²) in [6.45, 7) is 0. The molecular formula is C49H27N5OS2. The zero-order chi connectivity index (χ0) is 37.5. The highest BCUT2D eigenvalue weighted by Gasteiger charge is 2.21. The summed E-state index contributed by atoms with van der Waals surface area (Å²) >= 11 is 3.57. The van der Waals surface area contributed by atoms with Crippen LogP contribution in [0.4, 0.5) is 0 Å². The maximum absolute atomic E-state index is 6.50. The maximum Gasteiger partial charge on any atom is 0.164 e. The third kappa shape index (κ3) is 5.26. The molecule has 12 rings (SSSR count). The van der Waals surface area contributed by atoms with E-state index in [9.17, 15) is 0 Å². The Hall–Kier alpha value is -7.13. The lowest BCUT2D eigenvalue weighted by molar-refractivity contribution is 0.669. The molecule has 0 aliphatic rings. The second-order valence-electron chi connectivity index (χ2n) is 14.0. The highest BCUT2D eigenvalue weighted by Crippen LogP contribution is 2.43. The minimum absolute atomic E-state index is 0.572. The van der Waals surface area contributed by atoms with Crippen LogP contribution in [-0.4, -0.2) is 24.9 Å². The molecule has 0 unspecified atom stereocenters. The van der Waals surface area contributed by atoms with Crippen molar-refractivity contribution in [2.75, 3.05) is 0 Å². The predicted octanol–water partition coefficient (Wildman–Crippen LogP) is 13.6. The van der Waals surface area contributed by atoms with Crippen molar-refractivity contribution in [2.45, 2.75) is 0 Å². The van der Waals surface area contributed by atoms with Gasteiger partial charge < -0.3 is 4.42 Å². The zero-order valence-corrected chi connectivity index (χ0v) is 31.7. The van der Waals surface area contributed by atoms with Gasteiger partial charge in [-0.3, -0.25) is 0 Å². The van der Waals surface area contributed by atoms with Crippen LogP contribution >= 0.6 is 22.7 Å². The second-order valence-corrected chi connectivity index (χ2v) is 16.1. The molecule has 0 bridgehead atoms. The highest BCUT2D eigenvalue weighted by molar-refractivity contribution is 7.26. The monoisotopic (exact) mass is 765 g/mol. The van der Waals surface area contributed by atoms with Gasteiger partial charge in [0.25, 0.3) is 0 Å². The van der Waals surface area contributed by atoms with E-state index in [1.165, 1.54) is 24.9 Å². The fraction of sp³-hybridized carbons (Fsp3) is 0. The molecule has 5 heterocycles. The Kier molecular flexibility index (Phi) is 7.17. The average molecular weight is 766 g/mol. The van der Waals surface area contributed by atoms with Gasteiger partial charge in [-0.1, -0.05) is 121 Å². The molecule has 0 saturated carbocycles. The summed E-state index contributed by atoms with van der Waals surface area (Å²) in [4.78, 5) is 25.7. The number of hydrogen-bond acceptors (Lipinski definition) is 8. The first-order valence-electron chi connectivity index (χ1n) is 18.7. The number of furan rings is 1. The minimum atomic E-state index is 0.572. The van der Waals surface area contributed by atoms with Gasteiger partial charge in [-0.05, 0) is 42.5 Å². The third-order valence-electron chi connectivity index (χ3n) is 10.6. The van der Waals surface area contributed by atoms with Crippen molar-refractivity contribution >= 4 is 85.1 Å². The predicted molar refractivity (Wildman–Crippen MR) is 236 cm³/mol. The van der Waals surface area contributed by atoms with Crippen molar-refractivity contribution in [1.29, 1.82) is 0 Å². The van der Waals surface area contributed by atoms with Crippen molar-refractivity contribution < 1.29 is 4.42 Å². The molecule has 12 aromatic rings. The number of thiophene rings is 2. The van der Waals surface area contributed by atoms with Crippen molar-refractivity contribution in [1.82, 2.24) is 24.9 Å². The lowest BCUT2D eigenvalue weighted by atomic mass is 10.0. The summed E-state index contributed by atoms with van der Waals surface area (Å²) in [5.41, 5.74) is 8.06. The van der Waals surface area contributed by atoms with E-state index in [1.54, 1.807) is 11.3 Å². The Morgan fingerprint density at radius 3 is 1.77 bits per heavy atom. The lowest BCUT2D eigenvalue weighted by Crippen LogP contribution is -2.00. The van der Waals surface area contributed by atoms with Crippen LogP contribution < -0.4 is 0 Å². The summed E-state index contributed by atoms with van der Waals surface area (Å²) in [5, 5.41) is 5.54. The van der Waals surface area contributed by atoms with Crippen LogP contribution in [0.1, 0.15) is 0 Å². The van der Waals surface area contributed by atoms with E-state index in [1.807, 2.05) is 90.2 Å². The first kappa shape index (κ1) is 32.1. The Morgan fingerprint density at radius 1 is 0.368 bits per heavy atom. The topological polar surface area (TPSA) is 77.6 Å². The summed E-state index contributed by atoms with van der Waals surface area (Å²) < 4.78 is 11.3. The van der Waals surface area contributed by atoms with Gasteiger partial charge in [-0.2, -0.15) is 0 Å². The van der Waals surface area contributed by atoms with E-state index in [0.717, 1.165) is 71.1 Å². The Bertz CT molecular complexity index is 3480. The van der Waals surface area contributed by atoms with Gasteiger partial charge in [-0.25, -0.2) is 24.9 Å². The summed E-state index contributed by atoms with van der Waals surface area (Å²) in [6, 6.07) is 56.2. The molecule has 0 spiro atoms. The number of nitrogens with zero attached hydrogens (tertiary/aromatic N) is 5. The molecule has 0 aliphatic heterocycles. The normalized spacial score (nSPS) is 11.9. The van der Waals surface area contributed by atoms with Gasteiger partial charge in [0, 0.05) is 68.8 Å². The number of hydrogen-bond donors (Lipinski definition) is 0.